The SMILES string of the molecule is CC1CC(C)CN(CC(C)(C)CO)C1. The van der Waals surface area contributed by atoms with Crippen molar-refractivity contribution in [3.05, 3.63) is 0 Å². The Bertz CT molecular complexity index is 169. The lowest BCUT2D eigenvalue weighted by atomic mass is 9.88. The maximum Gasteiger partial charge on any atom is 0.0494 e. The summed E-state index contributed by atoms with van der Waals surface area (Å²) in [4.78, 5) is 2.51. The topological polar surface area (TPSA) is 23.5 Å². The largest absolute Gasteiger partial charge is 0.396 e. The predicted molar refractivity (Wildman–Crippen MR) is 60.3 cm³/mol. The number of piperidine rings is 1. The zero-order valence-corrected chi connectivity index (χ0v) is 10.1. The molecule has 0 amide bonds. The predicted octanol–water partition coefficient (Wildman–Crippen LogP) is 1.98. The van der Waals surface area contributed by atoms with Crippen LogP contribution in [0.4, 0.5) is 0 Å². The van der Waals surface area contributed by atoms with Crippen LogP contribution in [0.3, 0.4) is 0 Å². The minimum absolute atomic E-state index is 0.0524. The van der Waals surface area contributed by atoms with Crippen molar-refractivity contribution in [2.24, 2.45) is 17.3 Å². The summed E-state index contributed by atoms with van der Waals surface area (Å²) in [6.45, 7) is 12.6. The molecule has 0 aliphatic carbocycles. The third kappa shape index (κ3) is 3.58. The Morgan fingerprint density at radius 3 is 2.14 bits per heavy atom. The molecule has 1 aliphatic heterocycles. The smallest absolute Gasteiger partial charge is 0.0494 e. The van der Waals surface area contributed by atoms with Gasteiger partial charge in [0.2, 0.25) is 0 Å². The fourth-order valence-corrected chi connectivity index (χ4v) is 2.58. The van der Waals surface area contributed by atoms with Gasteiger partial charge in [-0.3, -0.25) is 0 Å². The first-order chi connectivity index (χ1) is 6.43. The first-order valence-corrected chi connectivity index (χ1v) is 5.76. The van der Waals surface area contributed by atoms with E-state index in [9.17, 15) is 5.11 Å². The highest BCUT2D eigenvalue weighted by molar-refractivity contribution is 4.79. The molecule has 1 heterocycles. The molecule has 2 unspecified atom stereocenters. The van der Waals surface area contributed by atoms with E-state index in [1.54, 1.807) is 0 Å². The lowest BCUT2D eigenvalue weighted by Gasteiger charge is -2.39. The number of hydrogen-bond acceptors (Lipinski definition) is 2. The minimum atomic E-state index is 0.0524. The van der Waals surface area contributed by atoms with Crippen LogP contribution in [0.2, 0.25) is 0 Å². The fourth-order valence-electron chi connectivity index (χ4n) is 2.58. The number of likely N-dealkylation sites (tertiary alicyclic amines) is 1. The van der Waals surface area contributed by atoms with Crippen molar-refractivity contribution in [3.63, 3.8) is 0 Å². The molecule has 2 atom stereocenters. The van der Waals surface area contributed by atoms with Crippen LogP contribution in [0.5, 0.6) is 0 Å². The van der Waals surface area contributed by atoms with Gasteiger partial charge in [0.1, 0.15) is 0 Å². The summed E-state index contributed by atoms with van der Waals surface area (Å²) in [6, 6.07) is 0. The maximum absolute atomic E-state index is 9.23. The molecular weight excluding hydrogens is 174 g/mol. The van der Waals surface area contributed by atoms with Gasteiger partial charge in [-0.1, -0.05) is 27.7 Å². The minimum Gasteiger partial charge on any atom is -0.396 e. The number of nitrogens with zero attached hydrogens (tertiary/aromatic N) is 1. The third-order valence-electron chi connectivity index (χ3n) is 3.02. The Morgan fingerprint density at radius 2 is 1.71 bits per heavy atom. The fraction of sp³-hybridized carbons (Fsp3) is 1.00. The summed E-state index contributed by atoms with van der Waals surface area (Å²) in [5, 5.41) is 9.23. The molecule has 0 bridgehead atoms. The van der Waals surface area contributed by atoms with Crippen LogP contribution in [-0.2, 0) is 0 Å². The van der Waals surface area contributed by atoms with Gasteiger partial charge in [-0.15, -0.1) is 0 Å². The van der Waals surface area contributed by atoms with Crippen LogP contribution in [-0.4, -0.2) is 36.2 Å². The molecule has 1 rings (SSSR count). The standard InChI is InChI=1S/C12H25NO/c1-10-5-11(2)7-13(6-10)8-12(3,4)9-14/h10-11,14H,5-9H2,1-4H3. The molecule has 14 heavy (non-hydrogen) atoms. The van der Waals surface area contributed by atoms with E-state index in [0.29, 0.717) is 0 Å². The highest BCUT2D eigenvalue weighted by atomic mass is 16.3. The van der Waals surface area contributed by atoms with Gasteiger partial charge in [0.25, 0.3) is 0 Å². The third-order valence-corrected chi connectivity index (χ3v) is 3.02. The number of aliphatic hydroxyl groups excluding tert-OH is 1. The normalized spacial score (nSPS) is 30.6. The van der Waals surface area contributed by atoms with Crippen molar-refractivity contribution < 1.29 is 5.11 Å². The summed E-state index contributed by atoms with van der Waals surface area (Å²) in [5.41, 5.74) is 0.0524. The van der Waals surface area contributed by atoms with Crippen LogP contribution in [0.25, 0.3) is 0 Å². The molecule has 1 fully saturated rings. The summed E-state index contributed by atoms with van der Waals surface area (Å²) in [5.74, 6) is 1.63. The van der Waals surface area contributed by atoms with E-state index in [2.05, 4.69) is 32.6 Å². The zero-order valence-electron chi connectivity index (χ0n) is 10.1. The Morgan fingerprint density at radius 1 is 1.21 bits per heavy atom. The van der Waals surface area contributed by atoms with Gasteiger partial charge in [-0.2, -0.15) is 0 Å². The zero-order chi connectivity index (χ0) is 10.8. The number of aliphatic hydroxyl groups is 1. The van der Waals surface area contributed by atoms with Crippen molar-refractivity contribution >= 4 is 0 Å². The summed E-state index contributed by atoms with van der Waals surface area (Å²) < 4.78 is 0. The van der Waals surface area contributed by atoms with Gasteiger partial charge in [-0.05, 0) is 18.3 Å². The molecular formula is C12H25NO. The Kier molecular flexibility index (Phi) is 3.96. The molecule has 1 aliphatic rings. The number of hydrogen-bond donors (Lipinski definition) is 1. The van der Waals surface area contributed by atoms with Crippen molar-refractivity contribution in [3.8, 4) is 0 Å². The molecule has 1 saturated heterocycles. The van der Waals surface area contributed by atoms with Crippen molar-refractivity contribution in [1.29, 1.82) is 0 Å². The molecule has 0 aromatic heterocycles. The summed E-state index contributed by atoms with van der Waals surface area (Å²) in [6.07, 6.45) is 1.36. The van der Waals surface area contributed by atoms with Crippen LogP contribution in [0.15, 0.2) is 0 Å². The first kappa shape index (κ1) is 12.0. The Balaban J connectivity index is 2.44. The molecule has 84 valence electrons. The number of rotatable bonds is 3. The molecule has 0 spiro atoms. The van der Waals surface area contributed by atoms with Crippen LogP contribution in [0, 0.1) is 17.3 Å². The lowest BCUT2D eigenvalue weighted by molar-refractivity contribution is 0.0631. The quantitative estimate of drug-likeness (QED) is 0.751. The molecule has 2 nitrogen and oxygen atoms in total. The van der Waals surface area contributed by atoms with E-state index in [0.717, 1.165) is 18.4 Å². The Labute approximate surface area is 88.3 Å². The van der Waals surface area contributed by atoms with E-state index >= 15 is 0 Å². The average Bonchev–Trinajstić information content (AvgIpc) is 2.01. The molecule has 0 saturated carbocycles. The highest BCUT2D eigenvalue weighted by Crippen LogP contribution is 2.24. The molecule has 0 aromatic carbocycles. The van der Waals surface area contributed by atoms with E-state index in [4.69, 9.17) is 0 Å². The van der Waals surface area contributed by atoms with E-state index in [1.807, 2.05) is 0 Å². The average molecular weight is 199 g/mol. The summed E-state index contributed by atoms with van der Waals surface area (Å²) >= 11 is 0. The molecule has 1 N–H and O–H groups in total. The highest BCUT2D eigenvalue weighted by Gasteiger charge is 2.26. The van der Waals surface area contributed by atoms with Gasteiger partial charge in [0.05, 0.1) is 0 Å². The monoisotopic (exact) mass is 199 g/mol. The molecule has 0 aromatic rings. The van der Waals surface area contributed by atoms with Crippen LogP contribution in [0.1, 0.15) is 34.1 Å². The van der Waals surface area contributed by atoms with Crippen LogP contribution < -0.4 is 0 Å². The van der Waals surface area contributed by atoms with Crippen molar-refractivity contribution in [1.82, 2.24) is 4.90 Å². The second-order valence-corrected chi connectivity index (χ2v) is 5.96. The van der Waals surface area contributed by atoms with E-state index < -0.39 is 0 Å². The second kappa shape index (κ2) is 4.63. The molecule has 0 radical (unpaired) electrons. The van der Waals surface area contributed by atoms with Gasteiger partial charge >= 0.3 is 0 Å². The van der Waals surface area contributed by atoms with Crippen LogP contribution >= 0.6 is 0 Å². The van der Waals surface area contributed by atoms with Gasteiger partial charge < -0.3 is 10.0 Å². The van der Waals surface area contributed by atoms with Gasteiger partial charge in [0.15, 0.2) is 0 Å². The van der Waals surface area contributed by atoms with Gasteiger partial charge in [-0.25, -0.2) is 0 Å². The molecule has 2 heteroatoms. The van der Waals surface area contributed by atoms with Crippen molar-refractivity contribution in [2.45, 2.75) is 34.1 Å². The van der Waals surface area contributed by atoms with E-state index in [1.165, 1.54) is 19.5 Å². The first-order valence-electron chi connectivity index (χ1n) is 5.76. The van der Waals surface area contributed by atoms with Crippen molar-refractivity contribution in [2.75, 3.05) is 26.2 Å². The Hall–Kier alpha value is -0.0800. The second-order valence-electron chi connectivity index (χ2n) is 5.96. The van der Waals surface area contributed by atoms with E-state index in [-0.39, 0.29) is 12.0 Å². The van der Waals surface area contributed by atoms with Gasteiger partial charge in [0, 0.05) is 31.7 Å². The maximum atomic E-state index is 9.23. The summed E-state index contributed by atoms with van der Waals surface area (Å²) in [7, 11) is 0. The lowest BCUT2D eigenvalue weighted by Crippen LogP contribution is -2.44.